The molecule has 9 heteroatoms. The number of rotatable bonds is 8. The highest BCUT2D eigenvalue weighted by atomic mass is 79.9. The van der Waals surface area contributed by atoms with Gasteiger partial charge >= 0.3 is 6.03 Å². The number of amides is 4. The van der Waals surface area contributed by atoms with Gasteiger partial charge < -0.3 is 15.5 Å². The van der Waals surface area contributed by atoms with Crippen molar-refractivity contribution in [3.63, 3.8) is 0 Å². The number of carbonyl (C=O) groups excluding carboxylic acids is 3. The van der Waals surface area contributed by atoms with Crippen LogP contribution in [0.5, 0.6) is 0 Å². The van der Waals surface area contributed by atoms with Gasteiger partial charge in [0.15, 0.2) is 0 Å². The van der Waals surface area contributed by atoms with Crippen LogP contribution in [0.4, 0.5) is 4.79 Å². The zero-order valence-electron chi connectivity index (χ0n) is 20.1. The first kappa shape index (κ1) is 26.6. The van der Waals surface area contributed by atoms with Crippen LogP contribution in [0, 0.1) is 5.92 Å². The van der Waals surface area contributed by atoms with Crippen LogP contribution >= 0.6 is 28.3 Å². The predicted octanol–water partition coefficient (Wildman–Crippen LogP) is 4.41. The molecule has 3 aliphatic rings. The summed E-state index contributed by atoms with van der Waals surface area (Å²) >= 11 is 3.42. The maximum absolute atomic E-state index is 13.3. The van der Waals surface area contributed by atoms with E-state index in [1.807, 2.05) is 42.5 Å². The summed E-state index contributed by atoms with van der Waals surface area (Å²) in [6, 6.07) is 17.5. The highest BCUT2D eigenvalue weighted by molar-refractivity contribution is 9.10. The fraction of sp³-hybridized carbons (Fsp3) is 0.444. The van der Waals surface area contributed by atoms with Crippen LogP contribution in [0.25, 0.3) is 0 Å². The van der Waals surface area contributed by atoms with E-state index in [-0.39, 0.29) is 48.8 Å². The second-order valence-corrected chi connectivity index (χ2v) is 10.8. The van der Waals surface area contributed by atoms with Gasteiger partial charge in [-0.1, -0.05) is 58.4 Å². The summed E-state index contributed by atoms with van der Waals surface area (Å²) in [7, 11) is 0. The van der Waals surface area contributed by atoms with E-state index in [4.69, 9.17) is 0 Å². The third kappa shape index (κ3) is 5.93. The lowest BCUT2D eigenvalue weighted by atomic mass is 9.87. The standard InChI is InChI=1S/C27H31BrN4O3.ClH/c28-22-10-6-19(7-11-22)18-32-25(34)27(30-26(32)35)13-16-31(17-14-27)15-12-23(20-4-2-1-3-5-20)29-24(33)21-8-9-21;/h1-7,10-11,21,23H,8-9,12-18H2,(H,29,33)(H,30,35);1H/t23-;/m0./s1. The summed E-state index contributed by atoms with van der Waals surface area (Å²) in [5.41, 5.74) is 1.24. The number of carbonyl (C=O) groups is 3. The molecule has 0 aromatic heterocycles. The quantitative estimate of drug-likeness (QED) is 0.457. The first-order chi connectivity index (χ1) is 16.9. The molecule has 3 fully saturated rings. The Morgan fingerprint density at radius 2 is 1.72 bits per heavy atom. The van der Waals surface area contributed by atoms with Crippen LogP contribution < -0.4 is 10.6 Å². The first-order valence-electron chi connectivity index (χ1n) is 12.4. The van der Waals surface area contributed by atoms with E-state index in [9.17, 15) is 14.4 Å². The maximum atomic E-state index is 13.3. The van der Waals surface area contributed by atoms with Gasteiger partial charge in [-0.15, -0.1) is 12.4 Å². The Kier molecular flexibility index (Phi) is 8.37. The Morgan fingerprint density at radius 3 is 2.36 bits per heavy atom. The average Bonchev–Trinajstić information content (AvgIpc) is 3.70. The number of likely N-dealkylation sites (tertiary alicyclic amines) is 1. The van der Waals surface area contributed by atoms with Crippen molar-refractivity contribution in [3.05, 3.63) is 70.2 Å². The van der Waals surface area contributed by atoms with E-state index < -0.39 is 5.54 Å². The third-order valence-electron chi connectivity index (χ3n) is 7.41. The minimum atomic E-state index is -0.804. The van der Waals surface area contributed by atoms with Gasteiger partial charge in [0.05, 0.1) is 12.6 Å². The number of halogens is 2. The smallest absolute Gasteiger partial charge is 0.325 e. The number of hydrogen-bond donors (Lipinski definition) is 2. The van der Waals surface area contributed by atoms with Crippen molar-refractivity contribution in [2.24, 2.45) is 5.92 Å². The molecule has 2 saturated heterocycles. The minimum Gasteiger partial charge on any atom is -0.349 e. The molecule has 1 aliphatic carbocycles. The van der Waals surface area contributed by atoms with E-state index in [2.05, 4.69) is 43.6 Å². The molecule has 5 rings (SSSR count). The average molecular weight is 576 g/mol. The van der Waals surface area contributed by atoms with Crippen LogP contribution in [-0.2, 0) is 16.1 Å². The first-order valence-corrected chi connectivity index (χ1v) is 13.2. The second-order valence-electron chi connectivity index (χ2n) is 9.91. The Morgan fingerprint density at radius 1 is 1.06 bits per heavy atom. The molecular formula is C27H32BrClN4O3. The van der Waals surface area contributed by atoms with Crippen LogP contribution in [-0.4, -0.2) is 52.8 Å². The van der Waals surface area contributed by atoms with Gasteiger partial charge in [-0.3, -0.25) is 14.5 Å². The maximum Gasteiger partial charge on any atom is 0.325 e. The molecule has 0 bridgehead atoms. The zero-order chi connectivity index (χ0) is 24.4. The number of nitrogens with one attached hydrogen (secondary N) is 2. The number of nitrogens with zero attached hydrogens (tertiary/aromatic N) is 2. The van der Waals surface area contributed by atoms with Crippen molar-refractivity contribution < 1.29 is 14.4 Å². The molecule has 0 radical (unpaired) electrons. The van der Waals surface area contributed by atoms with Crippen molar-refractivity contribution >= 4 is 46.2 Å². The highest BCUT2D eigenvalue weighted by Crippen LogP contribution is 2.32. The molecule has 0 unspecified atom stereocenters. The van der Waals surface area contributed by atoms with Crippen LogP contribution in [0.2, 0.25) is 0 Å². The molecule has 192 valence electrons. The number of benzene rings is 2. The van der Waals surface area contributed by atoms with Crippen LogP contribution in [0.1, 0.15) is 49.3 Å². The van der Waals surface area contributed by atoms with Gasteiger partial charge in [0.1, 0.15) is 5.54 Å². The van der Waals surface area contributed by atoms with Crippen molar-refractivity contribution in [2.75, 3.05) is 19.6 Å². The lowest BCUT2D eigenvalue weighted by Crippen LogP contribution is -2.55. The second kappa shape index (κ2) is 11.3. The number of piperidine rings is 1. The normalized spacial score (nSPS) is 20.1. The van der Waals surface area contributed by atoms with Gasteiger partial charge in [0, 0.05) is 30.0 Å². The van der Waals surface area contributed by atoms with Gasteiger partial charge in [0.2, 0.25) is 5.91 Å². The third-order valence-corrected chi connectivity index (χ3v) is 7.94. The Balaban J connectivity index is 0.00000304. The summed E-state index contributed by atoms with van der Waals surface area (Å²) in [6.45, 7) is 2.57. The predicted molar refractivity (Wildman–Crippen MR) is 144 cm³/mol. The van der Waals surface area contributed by atoms with Crippen molar-refractivity contribution in [2.45, 2.75) is 50.2 Å². The van der Waals surface area contributed by atoms with Crippen LogP contribution in [0.3, 0.4) is 0 Å². The lowest BCUT2D eigenvalue weighted by Gasteiger charge is -2.37. The molecule has 2 N–H and O–H groups in total. The van der Waals surface area contributed by atoms with Gasteiger partial charge in [-0.2, -0.15) is 0 Å². The summed E-state index contributed by atoms with van der Waals surface area (Å²) in [5.74, 6) is 0.207. The molecule has 1 saturated carbocycles. The van der Waals surface area contributed by atoms with E-state index in [1.165, 1.54) is 4.90 Å². The Hall–Kier alpha value is -2.42. The largest absolute Gasteiger partial charge is 0.349 e. The van der Waals surface area contributed by atoms with Crippen LogP contribution in [0.15, 0.2) is 59.1 Å². The fourth-order valence-corrected chi connectivity index (χ4v) is 5.31. The van der Waals surface area contributed by atoms with E-state index in [0.29, 0.717) is 12.8 Å². The zero-order valence-corrected chi connectivity index (χ0v) is 22.5. The molecule has 2 aromatic rings. The summed E-state index contributed by atoms with van der Waals surface area (Å²) < 4.78 is 0.962. The van der Waals surface area contributed by atoms with E-state index in [0.717, 1.165) is 54.5 Å². The highest BCUT2D eigenvalue weighted by Gasteiger charge is 2.52. The molecule has 2 aliphatic heterocycles. The summed E-state index contributed by atoms with van der Waals surface area (Å²) in [6.07, 6.45) is 3.98. The van der Waals surface area contributed by atoms with Crippen molar-refractivity contribution in [3.8, 4) is 0 Å². The molecule has 1 spiro atoms. The number of urea groups is 1. The summed E-state index contributed by atoms with van der Waals surface area (Å²) in [5, 5.41) is 6.24. The summed E-state index contributed by atoms with van der Waals surface area (Å²) in [4.78, 5) is 42.1. The Bertz CT molecular complexity index is 1090. The molecule has 1 atom stereocenters. The SMILES string of the molecule is Cl.O=C(N[C@@H](CCN1CCC2(CC1)NC(=O)N(Cc1ccc(Br)cc1)C2=O)c1ccccc1)C1CC1. The molecule has 2 aromatic carbocycles. The molecule has 4 amide bonds. The van der Waals surface area contributed by atoms with Crippen molar-refractivity contribution in [1.29, 1.82) is 0 Å². The molecular weight excluding hydrogens is 544 g/mol. The Labute approximate surface area is 226 Å². The molecule has 36 heavy (non-hydrogen) atoms. The number of hydrogen-bond acceptors (Lipinski definition) is 4. The topological polar surface area (TPSA) is 81.8 Å². The van der Waals surface area contributed by atoms with Gasteiger partial charge in [-0.25, -0.2) is 4.79 Å². The number of imide groups is 1. The lowest BCUT2D eigenvalue weighted by molar-refractivity contribution is -0.133. The monoisotopic (exact) mass is 574 g/mol. The van der Waals surface area contributed by atoms with E-state index in [1.54, 1.807) is 0 Å². The van der Waals surface area contributed by atoms with E-state index >= 15 is 0 Å². The molecule has 7 nitrogen and oxygen atoms in total. The van der Waals surface area contributed by atoms with Crippen molar-refractivity contribution in [1.82, 2.24) is 20.4 Å². The fourth-order valence-electron chi connectivity index (χ4n) is 5.04. The minimum absolute atomic E-state index is 0. The molecule has 2 heterocycles. The van der Waals surface area contributed by atoms with Gasteiger partial charge in [0.25, 0.3) is 5.91 Å². The van der Waals surface area contributed by atoms with Gasteiger partial charge in [-0.05, 0) is 55.4 Å².